The normalized spacial score (nSPS) is 14.4. The predicted molar refractivity (Wildman–Crippen MR) is 186 cm³/mol. The fraction of sp³-hybridized carbons (Fsp3) is 0.371. The van der Waals surface area contributed by atoms with Gasteiger partial charge in [0.15, 0.2) is 0 Å². The number of thiazole rings is 1. The third-order valence-corrected chi connectivity index (χ3v) is 10.8. The second-order valence-corrected chi connectivity index (χ2v) is 14.7. The highest BCUT2D eigenvalue weighted by Crippen LogP contribution is 2.26. The molecule has 0 spiro atoms. The van der Waals surface area contributed by atoms with Crippen LogP contribution in [0.5, 0.6) is 0 Å². The van der Waals surface area contributed by atoms with E-state index in [2.05, 4.69) is 70.7 Å². The van der Waals surface area contributed by atoms with Gasteiger partial charge >= 0.3 is 12.1 Å². The number of carbonyl (C=O) groups is 1. The fourth-order valence-electron chi connectivity index (χ4n) is 5.09. The Hall–Kier alpha value is -3.66. The number of carboxylic acids is 1. The van der Waals surface area contributed by atoms with E-state index >= 15 is 0 Å². The van der Waals surface area contributed by atoms with Crippen LogP contribution >= 0.6 is 11.3 Å². The summed E-state index contributed by atoms with van der Waals surface area (Å²) in [6.07, 6.45) is -4.30. The Morgan fingerprint density at radius 1 is 0.939 bits per heavy atom. The molecule has 0 radical (unpaired) electrons. The number of alkyl halides is 3. The summed E-state index contributed by atoms with van der Waals surface area (Å²) in [6.45, 7) is 9.36. The molecular formula is C35H42F3N5O4S2. The van der Waals surface area contributed by atoms with Gasteiger partial charge in [-0.2, -0.15) is 17.5 Å². The summed E-state index contributed by atoms with van der Waals surface area (Å²) < 4.78 is 60.8. The molecule has 1 aliphatic heterocycles. The average Bonchev–Trinajstić information content (AvgIpc) is 3.55. The van der Waals surface area contributed by atoms with E-state index < -0.39 is 22.2 Å². The zero-order valence-electron chi connectivity index (χ0n) is 27.6. The first kappa shape index (κ1) is 38.1. The van der Waals surface area contributed by atoms with Gasteiger partial charge in [-0.3, -0.25) is 0 Å². The van der Waals surface area contributed by atoms with E-state index in [0.717, 1.165) is 74.1 Å². The van der Waals surface area contributed by atoms with Gasteiger partial charge in [0, 0.05) is 56.8 Å². The number of hydrogen-bond donors (Lipinski definition) is 2. The smallest absolute Gasteiger partial charge is 0.475 e. The highest BCUT2D eigenvalue weighted by atomic mass is 32.2. The second kappa shape index (κ2) is 17.8. The molecule has 0 saturated carbocycles. The summed E-state index contributed by atoms with van der Waals surface area (Å²) in [6, 6.07) is 26.0. The molecule has 1 fully saturated rings. The lowest BCUT2D eigenvalue weighted by Crippen LogP contribution is -2.45. The molecule has 2 N–H and O–H groups in total. The second-order valence-electron chi connectivity index (χ2n) is 11.9. The third kappa shape index (κ3) is 12.0. The quantitative estimate of drug-likeness (QED) is 0.177. The Morgan fingerprint density at radius 2 is 1.53 bits per heavy atom. The number of aromatic nitrogens is 1. The molecular weight excluding hydrogens is 676 g/mol. The maximum atomic E-state index is 13.7. The number of carboxylic acid groups (broad SMARTS) is 1. The molecule has 49 heavy (non-hydrogen) atoms. The van der Waals surface area contributed by atoms with E-state index in [9.17, 15) is 21.6 Å². The van der Waals surface area contributed by atoms with Crippen LogP contribution in [0.3, 0.4) is 0 Å². The van der Waals surface area contributed by atoms with Crippen LogP contribution in [-0.4, -0.2) is 91.1 Å². The van der Waals surface area contributed by atoms with Crippen molar-refractivity contribution >= 4 is 27.3 Å². The average molecular weight is 718 g/mol. The van der Waals surface area contributed by atoms with Gasteiger partial charge in [0.25, 0.3) is 0 Å². The first-order chi connectivity index (χ1) is 23.3. The topological polar surface area (TPSA) is 106 Å². The van der Waals surface area contributed by atoms with Crippen LogP contribution in [-0.2, 0) is 34.5 Å². The molecule has 4 aromatic rings. The Bertz CT molecular complexity index is 1710. The molecule has 3 aromatic carbocycles. The molecule has 14 heteroatoms. The number of rotatable bonds is 13. The van der Waals surface area contributed by atoms with Gasteiger partial charge in [-0.15, -0.1) is 11.3 Å². The zero-order chi connectivity index (χ0) is 35.4. The van der Waals surface area contributed by atoms with Crippen molar-refractivity contribution in [3.63, 3.8) is 0 Å². The molecule has 0 unspecified atom stereocenters. The van der Waals surface area contributed by atoms with Gasteiger partial charge in [-0.1, -0.05) is 72.3 Å². The minimum absolute atomic E-state index is 0.261. The van der Waals surface area contributed by atoms with Gasteiger partial charge in [-0.05, 0) is 50.2 Å². The molecule has 1 aliphatic rings. The number of hydrogen-bond acceptors (Lipinski definition) is 8. The number of nitrogens with zero attached hydrogens (tertiary/aromatic N) is 4. The Kier molecular flexibility index (Phi) is 13.9. The van der Waals surface area contributed by atoms with Crippen LogP contribution in [0.15, 0.2) is 89.1 Å². The molecule has 0 amide bonds. The number of nitrogens with one attached hydrogen (secondary N) is 1. The van der Waals surface area contributed by atoms with Gasteiger partial charge < -0.3 is 20.2 Å². The summed E-state index contributed by atoms with van der Waals surface area (Å²) >= 11 is 1.56. The van der Waals surface area contributed by atoms with E-state index in [0.29, 0.717) is 11.4 Å². The highest BCUT2D eigenvalue weighted by molar-refractivity contribution is 7.89. The largest absolute Gasteiger partial charge is 0.490 e. The monoisotopic (exact) mass is 717 g/mol. The van der Waals surface area contributed by atoms with Crippen LogP contribution in [0, 0.1) is 6.92 Å². The summed E-state index contributed by atoms with van der Waals surface area (Å²) in [5.41, 5.74) is 5.34. The number of sulfonamides is 1. The Morgan fingerprint density at radius 3 is 2.12 bits per heavy atom. The predicted octanol–water partition coefficient (Wildman–Crippen LogP) is 5.87. The maximum Gasteiger partial charge on any atom is 0.490 e. The van der Waals surface area contributed by atoms with E-state index in [-0.39, 0.29) is 6.54 Å². The van der Waals surface area contributed by atoms with E-state index in [1.807, 2.05) is 30.5 Å². The molecule has 9 nitrogen and oxygen atoms in total. The lowest BCUT2D eigenvalue weighted by molar-refractivity contribution is -0.192. The summed E-state index contributed by atoms with van der Waals surface area (Å²) in [5, 5.41) is 13.5. The van der Waals surface area contributed by atoms with Gasteiger partial charge in [0.1, 0.15) is 5.01 Å². The number of piperazine rings is 1. The minimum atomic E-state index is -5.08. The van der Waals surface area contributed by atoms with Gasteiger partial charge in [-0.25, -0.2) is 18.2 Å². The Balaban J connectivity index is 0.000000698. The molecule has 0 bridgehead atoms. The first-order valence-electron chi connectivity index (χ1n) is 15.9. The molecule has 0 aliphatic carbocycles. The lowest BCUT2D eigenvalue weighted by atomic mass is 10.1. The van der Waals surface area contributed by atoms with E-state index in [1.165, 1.54) is 11.1 Å². The van der Waals surface area contributed by atoms with E-state index in [4.69, 9.17) is 14.9 Å². The summed E-state index contributed by atoms with van der Waals surface area (Å²) in [5.74, 6) is -2.76. The van der Waals surface area contributed by atoms with Crippen molar-refractivity contribution in [1.29, 1.82) is 0 Å². The molecule has 1 saturated heterocycles. The van der Waals surface area contributed by atoms with Crippen molar-refractivity contribution in [1.82, 2.24) is 24.4 Å². The SMILES string of the molecule is Cc1ccc(S(=O)(=O)N(CCCN2CCN(C)CC2)Cc2csc(-c3ccc(CNCc4ccccc4)cc3)n2)cc1.O=C(O)C(F)(F)F. The van der Waals surface area contributed by atoms with Crippen LogP contribution in [0.2, 0.25) is 0 Å². The van der Waals surface area contributed by atoms with Crippen LogP contribution in [0.4, 0.5) is 13.2 Å². The minimum Gasteiger partial charge on any atom is -0.475 e. The molecule has 1 aromatic heterocycles. The van der Waals surface area contributed by atoms with Crippen molar-refractivity contribution in [2.75, 3.05) is 46.3 Å². The van der Waals surface area contributed by atoms with Crippen molar-refractivity contribution in [3.05, 3.63) is 107 Å². The van der Waals surface area contributed by atoms with Crippen LogP contribution in [0.1, 0.15) is 28.8 Å². The summed E-state index contributed by atoms with van der Waals surface area (Å²) in [4.78, 5) is 18.9. The highest BCUT2D eigenvalue weighted by Gasteiger charge is 2.38. The first-order valence-corrected chi connectivity index (χ1v) is 18.2. The summed E-state index contributed by atoms with van der Waals surface area (Å²) in [7, 11) is -1.51. The number of aliphatic carboxylic acids is 1. The molecule has 264 valence electrons. The molecule has 0 atom stereocenters. The lowest BCUT2D eigenvalue weighted by Gasteiger charge is -2.32. The zero-order valence-corrected chi connectivity index (χ0v) is 29.2. The van der Waals surface area contributed by atoms with Gasteiger partial charge in [0.05, 0.1) is 17.1 Å². The van der Waals surface area contributed by atoms with Crippen LogP contribution in [0.25, 0.3) is 10.6 Å². The fourth-order valence-corrected chi connectivity index (χ4v) is 7.36. The van der Waals surface area contributed by atoms with Gasteiger partial charge in [0.2, 0.25) is 10.0 Å². The number of likely N-dealkylation sites (N-methyl/N-ethyl adjacent to an activating group) is 1. The van der Waals surface area contributed by atoms with Crippen molar-refractivity contribution in [3.8, 4) is 10.6 Å². The van der Waals surface area contributed by atoms with Crippen LogP contribution < -0.4 is 5.32 Å². The number of aryl methyl sites for hydroxylation is 1. The van der Waals surface area contributed by atoms with Crippen molar-refractivity contribution in [2.24, 2.45) is 0 Å². The Labute approximate surface area is 290 Å². The van der Waals surface area contributed by atoms with Crippen molar-refractivity contribution < 1.29 is 31.5 Å². The third-order valence-electron chi connectivity index (χ3n) is 7.97. The standard InChI is InChI=1S/C33H41N5O2S2.C2HF3O2/c1-27-9-15-32(16-10-27)42(39,40)38(18-6-17-37-21-19-36(2)20-22-37)25-31-26-41-33(35-31)30-13-11-29(12-14-30)24-34-23-28-7-4-3-5-8-28;3-2(4,5)1(6)7/h3-5,7-16,26,34H,6,17-25H2,1-2H3;(H,6,7). The molecule has 5 rings (SSSR count). The van der Waals surface area contributed by atoms with E-state index in [1.54, 1.807) is 27.8 Å². The number of benzene rings is 3. The number of halogens is 3. The molecule has 2 heterocycles. The van der Waals surface area contributed by atoms with Crippen molar-refractivity contribution in [2.45, 2.75) is 44.1 Å². The maximum absolute atomic E-state index is 13.7.